The average molecular weight is 976 g/mol. The number of carboxylic acid groups (broad SMARTS) is 1. The van der Waals surface area contributed by atoms with E-state index in [2.05, 4.69) is 72.5 Å². The zero-order valence-corrected chi connectivity index (χ0v) is 38.9. The summed E-state index contributed by atoms with van der Waals surface area (Å²) in [4.78, 5) is 119. The summed E-state index contributed by atoms with van der Waals surface area (Å²) in [5.74, 6) is -4.95. The number of amides is 7. The summed E-state index contributed by atoms with van der Waals surface area (Å²) in [7, 11) is 0. The van der Waals surface area contributed by atoms with Gasteiger partial charge in [-0.2, -0.15) is 15.2 Å². The van der Waals surface area contributed by atoms with Crippen molar-refractivity contribution in [3.63, 3.8) is 0 Å². The molecule has 26 nitrogen and oxygen atoms in total. The first-order chi connectivity index (χ1) is 34.0. The molecule has 0 saturated carbocycles. The molecular formula is C45H53N17O9. The molecule has 6 rings (SSSR count). The third-order valence-corrected chi connectivity index (χ3v) is 11.0. The Balaban J connectivity index is 0.952. The number of aliphatic carboxylic acids is 1. The second-order valence-corrected chi connectivity index (χ2v) is 16.7. The Hall–Kier alpha value is -8.97. The number of carboxylic acids is 1. The number of nitrogens with two attached hydrogens (primary N) is 2. The molecule has 0 spiro atoms. The van der Waals surface area contributed by atoms with Crippen molar-refractivity contribution < 1.29 is 43.5 Å². The van der Waals surface area contributed by atoms with Crippen molar-refractivity contribution in [2.75, 3.05) is 35.2 Å². The van der Waals surface area contributed by atoms with Crippen molar-refractivity contribution >= 4 is 81.6 Å². The number of nitrogens with zero attached hydrogens (tertiary/aromatic N) is 8. The fourth-order valence-corrected chi connectivity index (χ4v) is 7.17. The number of tetrazole rings is 1. The molecule has 0 aliphatic carbocycles. The number of aromatic nitrogens is 8. The van der Waals surface area contributed by atoms with Gasteiger partial charge in [0, 0.05) is 54.2 Å². The molecule has 3 atom stereocenters. The standard InChI is InChI=1S/C45H53N17O9/c1-23(2)35(55-32(63)9-5-4-6-19-62-33(64)16-17-34(62)65)43(69)51-24(3)40(66)53-27-14-15-29(30(20-27)38-58-60-61-59-38)42(68)48-18-7-8-31(44(70)71)54-41(67)25-10-12-26(13-11-25)49-21-28-22-50-39-36(52-28)37(46)56-45(47)57-39/h10-17,20,22-24,31,35,49H,4-9,18-19,21H2,1-3H3,(H,48,68)(H,51,69)(H,53,66)(H,54,67)(H,55,63)(H,70,71)(H,58,59,60,61)(H4,46,47,50,56,57)/t24-,31-,35-/m0/s1. The topological polar surface area (TPSA) is 390 Å². The molecule has 0 bridgehead atoms. The lowest BCUT2D eigenvalue weighted by molar-refractivity contribution is -0.139. The lowest BCUT2D eigenvalue weighted by Gasteiger charge is -2.24. The second-order valence-electron chi connectivity index (χ2n) is 16.7. The van der Waals surface area contributed by atoms with Gasteiger partial charge in [-0.25, -0.2) is 14.8 Å². The zero-order chi connectivity index (χ0) is 51.2. The number of unbranched alkanes of at least 4 members (excludes halogenated alkanes) is 2. The maximum atomic E-state index is 13.4. The van der Waals surface area contributed by atoms with Gasteiger partial charge in [0.25, 0.3) is 23.6 Å². The molecule has 1 aliphatic heterocycles. The first-order valence-electron chi connectivity index (χ1n) is 22.5. The molecule has 372 valence electrons. The van der Waals surface area contributed by atoms with E-state index >= 15 is 0 Å². The van der Waals surface area contributed by atoms with E-state index in [-0.39, 0.29) is 108 Å². The minimum atomic E-state index is -1.27. The summed E-state index contributed by atoms with van der Waals surface area (Å²) in [6, 6.07) is 7.39. The summed E-state index contributed by atoms with van der Waals surface area (Å²) < 4.78 is 0. The van der Waals surface area contributed by atoms with Crippen LogP contribution in [0, 0.1) is 5.92 Å². The fourth-order valence-electron chi connectivity index (χ4n) is 7.17. The van der Waals surface area contributed by atoms with Crippen molar-refractivity contribution in [1.29, 1.82) is 0 Å². The Morgan fingerprint density at radius 2 is 1.55 bits per heavy atom. The number of nitrogens with one attached hydrogen (secondary N) is 7. The molecular weight excluding hydrogens is 923 g/mol. The van der Waals surface area contributed by atoms with Crippen LogP contribution in [0.3, 0.4) is 0 Å². The van der Waals surface area contributed by atoms with Gasteiger partial charge in [0.2, 0.25) is 29.5 Å². The van der Waals surface area contributed by atoms with E-state index in [4.69, 9.17) is 11.5 Å². The van der Waals surface area contributed by atoms with Crippen molar-refractivity contribution in [2.24, 2.45) is 5.92 Å². The number of H-pyrrole nitrogens is 1. The largest absolute Gasteiger partial charge is 0.480 e. The Morgan fingerprint density at radius 1 is 0.817 bits per heavy atom. The van der Waals surface area contributed by atoms with Crippen LogP contribution in [0.2, 0.25) is 0 Å². The Morgan fingerprint density at radius 3 is 2.24 bits per heavy atom. The van der Waals surface area contributed by atoms with E-state index in [1.807, 2.05) is 0 Å². The van der Waals surface area contributed by atoms with Crippen LogP contribution in [0.1, 0.15) is 85.7 Å². The maximum Gasteiger partial charge on any atom is 0.326 e. The van der Waals surface area contributed by atoms with Gasteiger partial charge in [-0.1, -0.05) is 20.3 Å². The molecule has 71 heavy (non-hydrogen) atoms. The van der Waals surface area contributed by atoms with Gasteiger partial charge in [0.15, 0.2) is 17.0 Å². The summed E-state index contributed by atoms with van der Waals surface area (Å²) in [6.45, 7) is 5.49. The zero-order valence-electron chi connectivity index (χ0n) is 38.9. The van der Waals surface area contributed by atoms with Crippen LogP contribution in [-0.2, 0) is 35.3 Å². The predicted molar refractivity (Wildman–Crippen MR) is 255 cm³/mol. The summed E-state index contributed by atoms with van der Waals surface area (Å²) >= 11 is 0. The van der Waals surface area contributed by atoms with Crippen molar-refractivity contribution in [3.8, 4) is 11.4 Å². The molecule has 12 N–H and O–H groups in total. The van der Waals surface area contributed by atoms with Crippen LogP contribution in [0.5, 0.6) is 0 Å². The highest BCUT2D eigenvalue weighted by Gasteiger charge is 2.28. The number of hydrogen-bond acceptors (Lipinski definition) is 18. The third-order valence-electron chi connectivity index (χ3n) is 11.0. The van der Waals surface area contributed by atoms with Gasteiger partial charge in [0.05, 0.1) is 24.0 Å². The smallest absolute Gasteiger partial charge is 0.326 e. The Bertz CT molecular complexity index is 2800. The van der Waals surface area contributed by atoms with Crippen LogP contribution in [0.25, 0.3) is 22.6 Å². The molecule has 3 aromatic heterocycles. The molecule has 0 fully saturated rings. The maximum absolute atomic E-state index is 13.4. The molecule has 0 saturated heterocycles. The molecule has 1 aliphatic rings. The van der Waals surface area contributed by atoms with E-state index in [1.54, 1.807) is 26.0 Å². The van der Waals surface area contributed by atoms with Gasteiger partial charge < -0.3 is 48.5 Å². The Labute approximate surface area is 405 Å². The van der Waals surface area contributed by atoms with Gasteiger partial charge in [0.1, 0.15) is 18.1 Å². The second kappa shape index (κ2) is 23.8. The molecule has 2 aromatic carbocycles. The summed E-state index contributed by atoms with van der Waals surface area (Å²) in [5.41, 5.74) is 14.0. The van der Waals surface area contributed by atoms with Crippen molar-refractivity contribution in [2.45, 2.75) is 84.0 Å². The number of benzene rings is 2. The highest BCUT2D eigenvalue weighted by atomic mass is 16.4. The van der Waals surface area contributed by atoms with Crippen LogP contribution in [-0.4, -0.2) is 129 Å². The number of fused-ring (bicyclic) bond motifs is 1. The quantitative estimate of drug-likeness (QED) is 0.0302. The molecule has 0 radical (unpaired) electrons. The lowest BCUT2D eigenvalue weighted by atomic mass is 10.0. The number of anilines is 4. The van der Waals surface area contributed by atoms with E-state index in [9.17, 15) is 43.5 Å². The third kappa shape index (κ3) is 14.0. The number of rotatable bonds is 24. The number of aromatic amines is 1. The summed E-state index contributed by atoms with van der Waals surface area (Å²) in [5, 5.41) is 40.2. The highest BCUT2D eigenvalue weighted by Crippen LogP contribution is 2.25. The lowest BCUT2D eigenvalue weighted by Crippen LogP contribution is -2.53. The Kier molecular flexibility index (Phi) is 17.3. The number of carbonyl (C=O) groups is 8. The average Bonchev–Trinajstić information content (AvgIpc) is 4.00. The van der Waals surface area contributed by atoms with Crippen LogP contribution < -0.4 is 43.4 Å². The number of hydrogen-bond donors (Lipinski definition) is 10. The first kappa shape index (κ1) is 51.4. The summed E-state index contributed by atoms with van der Waals surface area (Å²) in [6.07, 6.45) is 5.78. The van der Waals surface area contributed by atoms with E-state index in [0.29, 0.717) is 36.2 Å². The molecule has 0 unspecified atom stereocenters. The van der Waals surface area contributed by atoms with Crippen LogP contribution >= 0.6 is 0 Å². The number of nitrogen functional groups attached to an aromatic ring is 2. The molecule has 26 heteroatoms. The minimum absolute atomic E-state index is 0.0150. The minimum Gasteiger partial charge on any atom is -0.480 e. The highest BCUT2D eigenvalue weighted by molar-refractivity contribution is 6.13. The predicted octanol–water partition coefficient (Wildman–Crippen LogP) is 0.839. The monoisotopic (exact) mass is 975 g/mol. The number of carbonyl (C=O) groups excluding carboxylic acids is 7. The molecule has 5 aromatic rings. The van der Waals surface area contributed by atoms with E-state index in [1.165, 1.54) is 55.6 Å². The van der Waals surface area contributed by atoms with Crippen molar-refractivity contribution in [3.05, 3.63) is 77.6 Å². The van der Waals surface area contributed by atoms with Crippen LogP contribution in [0.15, 0.2) is 60.8 Å². The van der Waals surface area contributed by atoms with E-state index in [0.717, 1.165) is 4.90 Å². The van der Waals surface area contributed by atoms with E-state index < -0.39 is 47.7 Å². The van der Waals surface area contributed by atoms with Gasteiger partial charge in [-0.05, 0) is 86.2 Å². The van der Waals surface area contributed by atoms with Gasteiger partial charge in [-0.3, -0.25) is 38.5 Å². The number of imide groups is 1. The SMILES string of the molecule is CC(C)[C@H](NC(=O)CCCCCN1C(=O)C=CC1=O)C(=O)N[C@@H](C)C(=O)Nc1ccc(C(=O)NCCC[C@H](NC(=O)c2ccc(NCc3cnc4nc(N)nc(N)c4n3)cc2)C(=O)O)c(-c2nn[nH]n2)c1. The van der Waals surface area contributed by atoms with Crippen LogP contribution in [0.4, 0.5) is 23.1 Å². The molecule has 7 amide bonds. The fraction of sp³-hybridized carbons (Fsp3) is 0.356. The normalized spacial score (nSPS) is 13.4. The van der Waals surface area contributed by atoms with Gasteiger partial charge >= 0.3 is 5.97 Å². The van der Waals surface area contributed by atoms with Gasteiger partial charge in [-0.15, -0.1) is 10.2 Å². The molecule has 4 heterocycles. The van der Waals surface area contributed by atoms with Crippen molar-refractivity contribution in [1.82, 2.24) is 66.7 Å². The first-order valence-corrected chi connectivity index (χ1v) is 22.5.